The number of anilines is 1. The number of carbonyl (C=O) groups is 2. The summed E-state index contributed by atoms with van der Waals surface area (Å²) in [6, 6.07) is 3.25. The van der Waals surface area contributed by atoms with Crippen LogP contribution in [0.2, 0.25) is 0 Å². The molecule has 1 N–H and O–H groups in total. The summed E-state index contributed by atoms with van der Waals surface area (Å²) in [5.74, 6) is -0.552. The first-order valence-electron chi connectivity index (χ1n) is 6.80. The Kier molecular flexibility index (Phi) is 3.00. The highest BCUT2D eigenvalue weighted by molar-refractivity contribution is 5.93. The smallest absolute Gasteiger partial charge is 0.410 e. The maximum Gasteiger partial charge on any atom is 0.410 e. The van der Waals surface area contributed by atoms with Crippen LogP contribution < -0.4 is 4.90 Å². The monoisotopic (exact) mass is 291 g/mol. The average Bonchev–Trinajstić information content (AvgIpc) is 2.93. The molecule has 0 saturated carbocycles. The van der Waals surface area contributed by atoms with Crippen LogP contribution in [-0.4, -0.2) is 59.3 Å². The van der Waals surface area contributed by atoms with Crippen LogP contribution in [0.15, 0.2) is 12.1 Å². The predicted octanol–water partition coefficient (Wildman–Crippen LogP) is 1.12. The molecule has 21 heavy (non-hydrogen) atoms. The van der Waals surface area contributed by atoms with Crippen LogP contribution in [0.4, 0.5) is 10.6 Å². The van der Waals surface area contributed by atoms with E-state index in [2.05, 4.69) is 4.98 Å². The molecular formula is C14H17N3O4. The number of nitrogens with zero attached hydrogens (tertiary/aromatic N) is 3. The molecule has 2 aliphatic rings. The molecule has 2 aliphatic heterocycles. The van der Waals surface area contributed by atoms with E-state index < -0.39 is 11.6 Å². The second kappa shape index (κ2) is 4.61. The van der Waals surface area contributed by atoms with Gasteiger partial charge in [0.25, 0.3) is 0 Å². The van der Waals surface area contributed by atoms with Crippen molar-refractivity contribution in [2.75, 3.05) is 31.6 Å². The molecule has 7 heteroatoms. The molecule has 112 valence electrons. The van der Waals surface area contributed by atoms with Crippen LogP contribution in [0.3, 0.4) is 0 Å². The van der Waals surface area contributed by atoms with Gasteiger partial charge in [0.05, 0.1) is 13.1 Å². The summed E-state index contributed by atoms with van der Waals surface area (Å²) in [5.41, 5.74) is 0.388. The molecule has 3 heterocycles. The number of pyridine rings is 1. The van der Waals surface area contributed by atoms with Crippen molar-refractivity contribution < 1.29 is 19.4 Å². The van der Waals surface area contributed by atoms with Crippen LogP contribution in [-0.2, 0) is 4.74 Å². The molecule has 1 aromatic heterocycles. The molecule has 1 spiro atoms. The number of aromatic nitrogens is 1. The third-order valence-corrected chi connectivity index (χ3v) is 4.00. The van der Waals surface area contributed by atoms with Crippen molar-refractivity contribution in [2.45, 2.75) is 18.9 Å². The van der Waals surface area contributed by atoms with Crippen LogP contribution in [0.25, 0.3) is 0 Å². The van der Waals surface area contributed by atoms with Crippen LogP contribution >= 0.6 is 0 Å². The molecule has 1 atom stereocenters. The number of hydrogen-bond acceptors (Lipinski definition) is 5. The van der Waals surface area contributed by atoms with Crippen LogP contribution in [0.1, 0.15) is 22.5 Å². The van der Waals surface area contributed by atoms with Gasteiger partial charge < -0.3 is 19.6 Å². The van der Waals surface area contributed by atoms with E-state index in [0.29, 0.717) is 31.9 Å². The zero-order chi connectivity index (χ0) is 15.2. The number of likely N-dealkylation sites (N-methyl/N-ethyl adjacent to an activating group) is 1. The van der Waals surface area contributed by atoms with Gasteiger partial charge in [0.1, 0.15) is 11.4 Å². The Bertz CT molecular complexity index is 618. The van der Waals surface area contributed by atoms with Gasteiger partial charge >= 0.3 is 12.1 Å². The zero-order valence-electron chi connectivity index (χ0n) is 12.0. The lowest BCUT2D eigenvalue weighted by molar-refractivity contribution is 0.0691. The Labute approximate surface area is 122 Å². The molecule has 0 bridgehead atoms. The molecule has 1 aromatic rings. The second-order valence-corrected chi connectivity index (χ2v) is 5.71. The van der Waals surface area contributed by atoms with E-state index in [0.717, 1.165) is 5.69 Å². The number of rotatable bonds is 2. The van der Waals surface area contributed by atoms with Gasteiger partial charge in [-0.2, -0.15) is 0 Å². The van der Waals surface area contributed by atoms with E-state index in [9.17, 15) is 14.7 Å². The zero-order valence-corrected chi connectivity index (χ0v) is 12.0. The maximum absolute atomic E-state index is 11.6. The molecule has 2 saturated heterocycles. The highest BCUT2D eigenvalue weighted by atomic mass is 16.6. The first-order valence-corrected chi connectivity index (χ1v) is 6.80. The highest BCUT2D eigenvalue weighted by Crippen LogP contribution is 2.34. The fourth-order valence-corrected chi connectivity index (χ4v) is 2.98. The molecule has 2 fully saturated rings. The predicted molar refractivity (Wildman–Crippen MR) is 74.6 cm³/mol. The van der Waals surface area contributed by atoms with E-state index in [1.807, 2.05) is 11.8 Å². The van der Waals surface area contributed by atoms with Gasteiger partial charge in [0.15, 0.2) is 5.60 Å². The van der Waals surface area contributed by atoms with Crippen molar-refractivity contribution in [3.05, 3.63) is 23.4 Å². The van der Waals surface area contributed by atoms with Crippen molar-refractivity contribution in [3.8, 4) is 0 Å². The lowest BCUT2D eigenvalue weighted by atomic mass is 10.0. The average molecular weight is 291 g/mol. The van der Waals surface area contributed by atoms with Gasteiger partial charge in [-0.3, -0.25) is 0 Å². The molecule has 0 aliphatic carbocycles. The van der Waals surface area contributed by atoms with Gasteiger partial charge in [-0.1, -0.05) is 0 Å². The summed E-state index contributed by atoms with van der Waals surface area (Å²) in [6.07, 6.45) is 0.352. The fraction of sp³-hybridized carbons (Fsp3) is 0.500. The van der Waals surface area contributed by atoms with Crippen LogP contribution in [0.5, 0.6) is 0 Å². The number of aryl methyl sites for hydroxylation is 1. The highest BCUT2D eigenvalue weighted by Gasteiger charge is 2.49. The van der Waals surface area contributed by atoms with E-state index in [4.69, 9.17) is 4.74 Å². The van der Waals surface area contributed by atoms with Crippen molar-refractivity contribution in [2.24, 2.45) is 0 Å². The van der Waals surface area contributed by atoms with E-state index in [1.165, 1.54) is 0 Å². The lowest BCUT2D eigenvalue weighted by Crippen LogP contribution is -2.37. The van der Waals surface area contributed by atoms with Crippen molar-refractivity contribution in [1.29, 1.82) is 0 Å². The molecule has 3 rings (SSSR count). The van der Waals surface area contributed by atoms with Crippen molar-refractivity contribution >= 4 is 17.9 Å². The van der Waals surface area contributed by atoms with Crippen molar-refractivity contribution in [3.63, 3.8) is 0 Å². The number of hydrogen-bond donors (Lipinski definition) is 1. The minimum atomic E-state index is -1.00. The minimum absolute atomic E-state index is 0.176. The Morgan fingerprint density at radius 3 is 2.81 bits per heavy atom. The van der Waals surface area contributed by atoms with E-state index in [1.54, 1.807) is 24.1 Å². The standard InChI is InChI=1S/C14H17N3O4/c1-9-3-4-10(12(18)19)11(15-9)17-6-5-14(8-17)7-16(2)13(20)21-14/h3-4H,5-8H2,1-2H3,(H,18,19). The summed E-state index contributed by atoms with van der Waals surface area (Å²) in [5, 5.41) is 9.30. The minimum Gasteiger partial charge on any atom is -0.478 e. The molecule has 0 aromatic carbocycles. The van der Waals surface area contributed by atoms with Gasteiger partial charge in [-0.05, 0) is 19.1 Å². The number of aromatic carboxylic acids is 1. The summed E-state index contributed by atoms with van der Waals surface area (Å²) < 4.78 is 5.47. The fourth-order valence-electron chi connectivity index (χ4n) is 2.98. The maximum atomic E-state index is 11.6. The number of carbonyl (C=O) groups excluding carboxylic acids is 1. The SMILES string of the molecule is Cc1ccc(C(=O)O)c(N2CCC3(CN(C)C(=O)O3)C2)n1. The van der Waals surface area contributed by atoms with Gasteiger partial charge in [-0.15, -0.1) is 0 Å². The van der Waals surface area contributed by atoms with Gasteiger partial charge in [0.2, 0.25) is 0 Å². The molecule has 1 amide bonds. The molecule has 0 radical (unpaired) electrons. The third-order valence-electron chi connectivity index (χ3n) is 4.00. The summed E-state index contributed by atoms with van der Waals surface area (Å²) >= 11 is 0. The van der Waals surface area contributed by atoms with Crippen LogP contribution in [0, 0.1) is 6.92 Å². The summed E-state index contributed by atoms with van der Waals surface area (Å²) in [7, 11) is 1.70. The quantitative estimate of drug-likeness (QED) is 0.879. The number of carboxylic acids is 1. The molecular weight excluding hydrogens is 274 g/mol. The summed E-state index contributed by atoms with van der Waals surface area (Å²) in [6.45, 7) is 3.44. The second-order valence-electron chi connectivity index (χ2n) is 5.71. The van der Waals surface area contributed by atoms with Crippen molar-refractivity contribution in [1.82, 2.24) is 9.88 Å². The Morgan fingerprint density at radius 1 is 1.43 bits per heavy atom. The summed E-state index contributed by atoms with van der Waals surface area (Å²) in [4.78, 5) is 30.7. The largest absolute Gasteiger partial charge is 0.478 e. The Balaban J connectivity index is 1.89. The first kappa shape index (κ1) is 13.7. The van der Waals surface area contributed by atoms with Gasteiger partial charge in [-0.25, -0.2) is 14.6 Å². The molecule has 1 unspecified atom stereocenters. The first-order chi connectivity index (χ1) is 9.90. The Hall–Kier alpha value is -2.31. The number of carboxylic acid groups (broad SMARTS) is 1. The van der Waals surface area contributed by atoms with E-state index >= 15 is 0 Å². The Morgan fingerprint density at radius 2 is 2.19 bits per heavy atom. The van der Waals surface area contributed by atoms with Gasteiger partial charge in [0, 0.05) is 25.7 Å². The number of amides is 1. The normalized spacial score (nSPS) is 24.8. The third kappa shape index (κ3) is 2.28. The molecule has 7 nitrogen and oxygen atoms in total. The lowest BCUT2D eigenvalue weighted by Gasteiger charge is -2.23. The number of ether oxygens (including phenoxy) is 1. The van der Waals surface area contributed by atoms with E-state index in [-0.39, 0.29) is 11.7 Å². The topological polar surface area (TPSA) is 83.0 Å².